The molecule has 50 valence electrons. The van der Waals surface area contributed by atoms with Crippen molar-refractivity contribution >= 4 is 16.1 Å². The third kappa shape index (κ3) is 1.14. The van der Waals surface area contributed by atoms with Crippen LogP contribution in [-0.4, -0.2) is 26.2 Å². The highest BCUT2D eigenvalue weighted by atomic mass is 31.1. The molecule has 2 N–H and O–H groups in total. The molecule has 2 nitrogen and oxygen atoms in total. The van der Waals surface area contributed by atoms with Gasteiger partial charge in [0.25, 0.3) is 0 Å². The van der Waals surface area contributed by atoms with E-state index in [-0.39, 0.29) is 0 Å². The lowest BCUT2D eigenvalue weighted by molar-refractivity contribution is 0.520. The van der Waals surface area contributed by atoms with Crippen molar-refractivity contribution in [1.29, 1.82) is 0 Å². The van der Waals surface area contributed by atoms with Crippen molar-refractivity contribution in [3.63, 3.8) is 0 Å². The van der Waals surface area contributed by atoms with Gasteiger partial charge in [0.1, 0.15) is 0 Å². The van der Waals surface area contributed by atoms with Gasteiger partial charge in [0.15, 0.2) is 0 Å². The molecule has 0 radical (unpaired) electrons. The lowest BCUT2D eigenvalue weighted by Crippen LogP contribution is -2.38. The van der Waals surface area contributed by atoms with Gasteiger partial charge >= 0.3 is 0 Å². The van der Waals surface area contributed by atoms with Crippen LogP contribution in [0.2, 0.25) is 6.32 Å². The van der Waals surface area contributed by atoms with Gasteiger partial charge in [0.2, 0.25) is 7.41 Å². The topological polar surface area (TPSA) is 24.1 Å². The summed E-state index contributed by atoms with van der Waals surface area (Å²) >= 11 is 0. The van der Waals surface area contributed by atoms with E-state index in [4.69, 9.17) is 0 Å². The summed E-state index contributed by atoms with van der Waals surface area (Å²) in [7, 11) is 2.29. The molecule has 2 rings (SSSR count). The number of nitrogens with one attached hydrogen (secondary N) is 2. The maximum atomic E-state index is 3.45. The van der Waals surface area contributed by atoms with Crippen molar-refractivity contribution in [3.8, 4) is 0 Å². The van der Waals surface area contributed by atoms with Gasteiger partial charge < -0.3 is 5.23 Å². The molecule has 9 heavy (non-hydrogen) atoms. The van der Waals surface area contributed by atoms with Crippen molar-refractivity contribution in [2.75, 3.05) is 13.1 Å². The summed E-state index contributed by atoms with van der Waals surface area (Å²) in [6.07, 6.45) is 1.40. The second-order valence-corrected chi connectivity index (χ2v) is 4.27. The first-order valence-electron chi connectivity index (χ1n) is 3.66. The van der Waals surface area contributed by atoms with Gasteiger partial charge in [-0.2, -0.15) is 0 Å². The molecule has 0 aromatic heterocycles. The van der Waals surface area contributed by atoms with Crippen molar-refractivity contribution in [2.45, 2.75) is 12.0 Å². The average Bonchev–Trinajstić information content (AvgIpc) is 2.33. The molecular weight excluding hydrogens is 130 g/mol. The number of rotatable bonds is 0. The molecule has 2 fully saturated rings. The molecule has 0 spiro atoms. The van der Waals surface area contributed by atoms with Crippen LogP contribution in [0.3, 0.4) is 0 Å². The van der Waals surface area contributed by atoms with E-state index in [9.17, 15) is 0 Å². The normalized spacial score (nSPS) is 44.4. The Balaban J connectivity index is 1.97. The second kappa shape index (κ2) is 2.57. The standard InChI is InChI=1S/C5H12BN2P/c1-5-4(2-7-6-1)3-8-9-5/h4-9H,1-3H2. The van der Waals surface area contributed by atoms with E-state index in [1.54, 1.807) is 0 Å². The van der Waals surface area contributed by atoms with Crippen LogP contribution in [0, 0.1) is 5.92 Å². The molecule has 3 atom stereocenters. The van der Waals surface area contributed by atoms with E-state index < -0.39 is 0 Å². The fraction of sp³-hybridized carbons (Fsp3) is 1.00. The third-order valence-electron chi connectivity index (χ3n) is 2.26. The Hall–Kier alpha value is 0.415. The zero-order valence-corrected chi connectivity index (χ0v) is 6.48. The van der Waals surface area contributed by atoms with E-state index in [0.717, 1.165) is 20.3 Å². The summed E-state index contributed by atoms with van der Waals surface area (Å²) in [5.41, 5.74) is 1.02. The fourth-order valence-electron chi connectivity index (χ4n) is 1.65. The Morgan fingerprint density at radius 2 is 2.44 bits per heavy atom. The Morgan fingerprint density at radius 1 is 1.44 bits per heavy atom. The minimum Gasteiger partial charge on any atom is -0.358 e. The molecule has 0 saturated carbocycles. The van der Waals surface area contributed by atoms with Crippen LogP contribution >= 0.6 is 8.73 Å². The summed E-state index contributed by atoms with van der Waals surface area (Å²) in [4.78, 5) is 0. The van der Waals surface area contributed by atoms with Crippen LogP contribution in [0.1, 0.15) is 0 Å². The average molecular weight is 142 g/mol. The molecule has 2 aliphatic rings. The van der Waals surface area contributed by atoms with Gasteiger partial charge in [-0.05, 0) is 18.1 Å². The molecule has 0 amide bonds. The maximum absolute atomic E-state index is 3.45. The second-order valence-electron chi connectivity index (χ2n) is 2.88. The van der Waals surface area contributed by atoms with Crippen molar-refractivity contribution in [1.82, 2.24) is 10.3 Å². The highest BCUT2D eigenvalue weighted by molar-refractivity contribution is 7.37. The molecule has 0 aromatic rings. The predicted molar refractivity (Wildman–Crippen MR) is 43.6 cm³/mol. The first kappa shape index (κ1) is 6.15. The molecule has 2 saturated heterocycles. The van der Waals surface area contributed by atoms with Crippen molar-refractivity contribution in [2.24, 2.45) is 5.92 Å². The lowest BCUT2D eigenvalue weighted by atomic mass is 9.78. The van der Waals surface area contributed by atoms with Crippen LogP contribution in [0.5, 0.6) is 0 Å². The summed E-state index contributed by atoms with van der Waals surface area (Å²) in [6.45, 7) is 2.51. The van der Waals surface area contributed by atoms with Crippen molar-refractivity contribution < 1.29 is 0 Å². The molecule has 3 unspecified atom stereocenters. The Bertz CT molecular complexity index is 99.1. The minimum atomic E-state index is 0.956. The molecule has 4 heteroatoms. The Morgan fingerprint density at radius 3 is 3.33 bits per heavy atom. The van der Waals surface area contributed by atoms with Gasteiger partial charge in [-0.3, -0.25) is 5.09 Å². The van der Waals surface area contributed by atoms with Crippen LogP contribution in [0.25, 0.3) is 0 Å². The van der Waals surface area contributed by atoms with Gasteiger partial charge in [-0.15, -0.1) is 0 Å². The monoisotopic (exact) mass is 142 g/mol. The van der Waals surface area contributed by atoms with Crippen LogP contribution in [0.15, 0.2) is 0 Å². The smallest absolute Gasteiger partial charge is 0.201 e. The summed E-state index contributed by atoms with van der Waals surface area (Å²) in [5, 5.41) is 6.87. The third-order valence-corrected chi connectivity index (χ3v) is 3.80. The zero-order chi connectivity index (χ0) is 6.10. The predicted octanol–water partition coefficient (Wildman–Crippen LogP) is -0.459. The zero-order valence-electron chi connectivity index (χ0n) is 5.48. The first-order chi connectivity index (χ1) is 4.47. The van der Waals surface area contributed by atoms with E-state index >= 15 is 0 Å². The first-order valence-corrected chi connectivity index (χ1v) is 4.73. The van der Waals surface area contributed by atoms with E-state index in [2.05, 4.69) is 10.3 Å². The Kier molecular flexibility index (Phi) is 1.76. The van der Waals surface area contributed by atoms with Gasteiger partial charge in [-0.25, -0.2) is 0 Å². The molecule has 2 heterocycles. The van der Waals surface area contributed by atoms with Crippen LogP contribution < -0.4 is 10.3 Å². The van der Waals surface area contributed by atoms with E-state index in [1.807, 2.05) is 0 Å². The summed E-state index contributed by atoms with van der Waals surface area (Å²) < 4.78 is 0. The number of fused-ring (bicyclic) bond motifs is 1. The molecule has 0 aromatic carbocycles. The van der Waals surface area contributed by atoms with E-state index in [0.29, 0.717) is 0 Å². The van der Waals surface area contributed by atoms with Crippen LogP contribution in [-0.2, 0) is 0 Å². The highest BCUT2D eigenvalue weighted by Gasteiger charge is 2.29. The van der Waals surface area contributed by atoms with Gasteiger partial charge in [0, 0.05) is 6.54 Å². The highest BCUT2D eigenvalue weighted by Crippen LogP contribution is 2.33. The van der Waals surface area contributed by atoms with Gasteiger partial charge in [-0.1, -0.05) is 15.1 Å². The van der Waals surface area contributed by atoms with E-state index in [1.165, 1.54) is 26.8 Å². The summed E-state index contributed by atoms with van der Waals surface area (Å²) in [5.74, 6) is 0.956. The molecule has 2 aliphatic heterocycles. The Labute approximate surface area is 58.3 Å². The molecular formula is C5H12BN2P. The lowest BCUT2D eigenvalue weighted by Gasteiger charge is -2.23. The largest absolute Gasteiger partial charge is 0.358 e. The minimum absolute atomic E-state index is 0.956. The quantitative estimate of drug-likeness (QED) is 0.353. The maximum Gasteiger partial charge on any atom is 0.201 e. The SMILES string of the molecule is B1CC2PNCC2CN1. The molecule has 0 aliphatic carbocycles. The summed E-state index contributed by atoms with van der Waals surface area (Å²) in [6, 6.07) is 0. The molecule has 0 bridgehead atoms. The fourth-order valence-corrected chi connectivity index (χ4v) is 3.05. The number of hydrogen-bond donors (Lipinski definition) is 2. The van der Waals surface area contributed by atoms with Gasteiger partial charge in [0.05, 0.1) is 0 Å². The number of hydrogen-bond acceptors (Lipinski definition) is 2. The van der Waals surface area contributed by atoms with Crippen LogP contribution in [0.4, 0.5) is 0 Å². The van der Waals surface area contributed by atoms with Crippen molar-refractivity contribution in [3.05, 3.63) is 0 Å².